The van der Waals surface area contributed by atoms with Crippen molar-refractivity contribution in [2.24, 2.45) is 10.9 Å². The third-order valence-electron chi connectivity index (χ3n) is 8.97. The van der Waals surface area contributed by atoms with E-state index in [9.17, 15) is 14.9 Å². The van der Waals surface area contributed by atoms with Gasteiger partial charge in [0.2, 0.25) is 11.6 Å². The van der Waals surface area contributed by atoms with Crippen molar-refractivity contribution in [1.29, 1.82) is 5.26 Å². The number of carbonyl (C=O) groups excluding carboxylic acids is 1. The largest absolute Gasteiger partial charge is 0.339 e. The summed E-state index contributed by atoms with van der Waals surface area (Å²) < 4.78 is 7.68. The summed E-state index contributed by atoms with van der Waals surface area (Å²) >= 11 is 0. The summed E-state index contributed by atoms with van der Waals surface area (Å²) in [4.78, 5) is 39.9. The fourth-order valence-corrected chi connectivity index (χ4v) is 6.22. The van der Waals surface area contributed by atoms with Crippen LogP contribution < -0.4 is 16.5 Å². The fourth-order valence-electron chi connectivity index (χ4n) is 6.22. The van der Waals surface area contributed by atoms with E-state index in [1.165, 1.54) is 6.42 Å². The number of benzene rings is 2. The standard InChI is InChI=1S/C34H45N7O3/c1-34(25-35,44-24-27-13-7-4-8-14-27)38-32(42)29(23-26-11-5-3-6-12-26)36-31-28-15-9-10-16-30(28)41(33(43)37-31)22-21-40-19-17-39(2)18-20-40/h4,7-10,13-16,26,29H,3,5-6,11-12,17-24H2,1-2H3,(H,38,42)(H,36,37,43). The minimum absolute atomic E-state index is 0.181. The zero-order chi connectivity index (χ0) is 30.9. The Morgan fingerprint density at radius 2 is 1.77 bits per heavy atom. The first-order chi connectivity index (χ1) is 21.3. The predicted octanol–water partition coefficient (Wildman–Crippen LogP) is 3.39. The third-order valence-corrected chi connectivity index (χ3v) is 8.97. The molecule has 2 unspecified atom stereocenters. The van der Waals surface area contributed by atoms with Gasteiger partial charge in [-0.25, -0.2) is 4.79 Å². The molecule has 1 saturated heterocycles. The normalized spacial score (nSPS) is 19.3. The summed E-state index contributed by atoms with van der Waals surface area (Å²) in [5.74, 6) is -0.0403. The van der Waals surface area contributed by atoms with Gasteiger partial charge in [-0.2, -0.15) is 5.26 Å². The Kier molecular flexibility index (Phi) is 10.6. The second-order valence-electron chi connectivity index (χ2n) is 12.4. The molecule has 3 aromatic rings. The van der Waals surface area contributed by atoms with E-state index in [2.05, 4.69) is 33.2 Å². The number of ether oxygens (including phenoxy) is 1. The maximum Gasteiger partial charge on any atom is 0.327 e. The van der Waals surface area contributed by atoms with Gasteiger partial charge in [0, 0.05) is 44.7 Å². The molecular formula is C34H45N7O3. The molecule has 0 bridgehead atoms. The number of amides is 1. The molecule has 5 rings (SSSR count). The minimum Gasteiger partial charge on any atom is -0.339 e. The van der Waals surface area contributed by atoms with Gasteiger partial charge in [0.25, 0.3) is 0 Å². The van der Waals surface area contributed by atoms with Crippen LogP contribution >= 0.6 is 0 Å². The molecule has 1 aliphatic heterocycles. The van der Waals surface area contributed by atoms with Crippen molar-refractivity contribution in [1.82, 2.24) is 24.7 Å². The lowest BCUT2D eigenvalue weighted by molar-refractivity contribution is -0.130. The number of H-pyrrole nitrogens is 1. The van der Waals surface area contributed by atoms with Crippen molar-refractivity contribution in [3.05, 3.63) is 76.1 Å². The Morgan fingerprint density at radius 1 is 1.07 bits per heavy atom. The van der Waals surface area contributed by atoms with Crippen molar-refractivity contribution in [3.63, 3.8) is 0 Å². The second-order valence-corrected chi connectivity index (χ2v) is 12.4. The van der Waals surface area contributed by atoms with Crippen molar-refractivity contribution in [2.45, 2.75) is 70.4 Å². The Bertz CT molecular complexity index is 1560. The van der Waals surface area contributed by atoms with Gasteiger partial charge in [-0.1, -0.05) is 74.6 Å². The van der Waals surface area contributed by atoms with E-state index >= 15 is 0 Å². The van der Waals surface area contributed by atoms with Crippen LogP contribution in [-0.2, 0) is 22.7 Å². The number of nitrogens with zero attached hydrogens (tertiary/aromatic N) is 5. The molecule has 2 aliphatic rings. The molecule has 1 aliphatic carbocycles. The SMILES string of the molecule is CN1CCN(CCn2c(=O)[nH]/c(=N/C(CC3CCCCC3)C(=O)NC(C)(C#N)OCc3ccccc3)c3ccccc32)CC1. The molecule has 2 N–H and O–H groups in total. The quantitative estimate of drug-likeness (QED) is 0.326. The molecule has 1 amide bonds. The highest BCUT2D eigenvalue weighted by atomic mass is 16.5. The van der Waals surface area contributed by atoms with Gasteiger partial charge in [0.1, 0.15) is 17.6 Å². The predicted molar refractivity (Wildman–Crippen MR) is 170 cm³/mol. The fraction of sp³-hybridized carbons (Fsp3) is 0.529. The molecule has 10 nitrogen and oxygen atoms in total. The lowest BCUT2D eigenvalue weighted by Gasteiger charge is -2.32. The minimum atomic E-state index is -1.54. The smallest absolute Gasteiger partial charge is 0.327 e. The first-order valence-electron chi connectivity index (χ1n) is 15.9. The average molecular weight is 600 g/mol. The number of carbonyl (C=O) groups is 1. The summed E-state index contributed by atoms with van der Waals surface area (Å²) in [6.45, 7) is 7.09. The molecule has 0 radical (unpaired) electrons. The van der Waals surface area contributed by atoms with Crippen LogP contribution in [0.5, 0.6) is 0 Å². The number of aromatic nitrogens is 2. The molecule has 44 heavy (non-hydrogen) atoms. The van der Waals surface area contributed by atoms with E-state index < -0.39 is 11.8 Å². The number of hydrogen-bond acceptors (Lipinski definition) is 7. The lowest BCUT2D eigenvalue weighted by atomic mass is 9.84. The van der Waals surface area contributed by atoms with E-state index in [4.69, 9.17) is 9.73 Å². The van der Waals surface area contributed by atoms with E-state index in [1.54, 1.807) is 11.5 Å². The van der Waals surface area contributed by atoms with E-state index in [0.717, 1.165) is 74.9 Å². The summed E-state index contributed by atoms with van der Waals surface area (Å²) in [5.41, 5.74) is 0.295. The molecule has 1 saturated carbocycles. The van der Waals surface area contributed by atoms with Crippen molar-refractivity contribution >= 4 is 16.8 Å². The first kappa shape index (κ1) is 31.6. The lowest BCUT2D eigenvalue weighted by Crippen LogP contribution is -2.51. The Morgan fingerprint density at radius 3 is 2.50 bits per heavy atom. The van der Waals surface area contributed by atoms with Crippen LogP contribution in [0, 0.1) is 17.2 Å². The number of piperazine rings is 1. The molecule has 0 spiro atoms. The molecule has 2 aromatic carbocycles. The van der Waals surface area contributed by atoms with Crippen molar-refractivity contribution in [3.8, 4) is 6.07 Å². The van der Waals surface area contributed by atoms with Gasteiger partial charge < -0.3 is 15.0 Å². The zero-order valence-corrected chi connectivity index (χ0v) is 26.0. The maximum absolute atomic E-state index is 13.9. The van der Waals surface area contributed by atoms with Crippen LogP contribution in [0.2, 0.25) is 0 Å². The van der Waals surface area contributed by atoms with Crippen LogP contribution in [0.3, 0.4) is 0 Å². The number of aromatic amines is 1. The summed E-state index contributed by atoms with van der Waals surface area (Å²) in [5, 5.41) is 13.6. The summed E-state index contributed by atoms with van der Waals surface area (Å²) in [7, 11) is 2.13. The van der Waals surface area contributed by atoms with Gasteiger partial charge in [0.05, 0.1) is 12.1 Å². The molecule has 2 heterocycles. The Hall–Kier alpha value is -3.78. The highest BCUT2D eigenvalue weighted by Gasteiger charge is 2.32. The summed E-state index contributed by atoms with van der Waals surface area (Å²) in [6, 6.07) is 18.6. The monoisotopic (exact) mass is 599 g/mol. The van der Waals surface area contributed by atoms with Crippen LogP contribution in [0.1, 0.15) is 51.0 Å². The van der Waals surface area contributed by atoms with Crippen LogP contribution in [-0.4, -0.2) is 76.8 Å². The topological polar surface area (TPSA) is 119 Å². The first-order valence-corrected chi connectivity index (χ1v) is 15.9. The van der Waals surface area contributed by atoms with E-state index in [0.29, 0.717) is 24.4 Å². The molecule has 10 heteroatoms. The number of nitriles is 1. The molecular weight excluding hydrogens is 554 g/mol. The van der Waals surface area contributed by atoms with Crippen LogP contribution in [0.15, 0.2) is 64.4 Å². The summed E-state index contributed by atoms with van der Waals surface area (Å²) in [6.07, 6.45) is 6.09. The number of hydrogen-bond donors (Lipinski definition) is 2. The Labute approximate surface area is 259 Å². The van der Waals surface area contributed by atoms with Crippen LogP contribution in [0.4, 0.5) is 0 Å². The number of rotatable bonds is 11. The molecule has 234 valence electrons. The van der Waals surface area contributed by atoms with Gasteiger partial charge >= 0.3 is 5.69 Å². The van der Waals surface area contributed by atoms with Crippen molar-refractivity contribution < 1.29 is 9.53 Å². The zero-order valence-electron chi connectivity index (χ0n) is 26.0. The van der Waals surface area contributed by atoms with Crippen LogP contribution in [0.25, 0.3) is 10.9 Å². The number of para-hydroxylation sites is 1. The van der Waals surface area contributed by atoms with Crippen molar-refractivity contribution in [2.75, 3.05) is 39.8 Å². The molecule has 2 atom stereocenters. The maximum atomic E-state index is 13.9. The van der Waals surface area contributed by atoms with Gasteiger partial charge in [-0.3, -0.25) is 24.2 Å². The van der Waals surface area contributed by atoms with E-state index in [-0.39, 0.29) is 18.2 Å². The van der Waals surface area contributed by atoms with E-state index in [1.807, 2.05) is 54.6 Å². The molecule has 1 aromatic heterocycles. The highest BCUT2D eigenvalue weighted by molar-refractivity contribution is 5.83. The Balaban J connectivity index is 1.42. The van der Waals surface area contributed by atoms with Gasteiger partial charge in [0.15, 0.2) is 0 Å². The average Bonchev–Trinajstić information content (AvgIpc) is 3.05. The highest BCUT2D eigenvalue weighted by Crippen LogP contribution is 2.28. The van der Waals surface area contributed by atoms with Gasteiger partial charge in [-0.05, 0) is 44.0 Å². The number of likely N-dealkylation sites (N-methyl/N-ethyl adjacent to an activating group) is 1. The molecule has 2 fully saturated rings. The third kappa shape index (κ3) is 8.23. The number of nitrogens with one attached hydrogen (secondary N) is 2. The number of fused-ring (bicyclic) bond motifs is 1. The second kappa shape index (κ2) is 14.8. The van der Waals surface area contributed by atoms with Gasteiger partial charge in [-0.15, -0.1) is 0 Å².